The highest BCUT2D eigenvalue weighted by Crippen LogP contribution is 2.35. The van der Waals surface area contributed by atoms with Crippen molar-refractivity contribution in [1.82, 2.24) is 0 Å². The summed E-state index contributed by atoms with van der Waals surface area (Å²) in [5, 5.41) is 18.0. The molecule has 4 heteroatoms. The van der Waals surface area contributed by atoms with E-state index in [1.807, 2.05) is 19.9 Å². The van der Waals surface area contributed by atoms with Crippen molar-refractivity contribution in [2.24, 2.45) is 23.7 Å². The van der Waals surface area contributed by atoms with Gasteiger partial charge in [-0.2, -0.15) is 0 Å². The Hall–Kier alpha value is -1.32. The fourth-order valence-electron chi connectivity index (χ4n) is 2.14. The maximum atomic E-state index is 11.1. The summed E-state index contributed by atoms with van der Waals surface area (Å²) in [6, 6.07) is 0. The van der Waals surface area contributed by atoms with Crippen LogP contribution in [0.4, 0.5) is 0 Å². The van der Waals surface area contributed by atoms with Gasteiger partial charge in [-0.1, -0.05) is 26.0 Å². The van der Waals surface area contributed by atoms with E-state index in [-0.39, 0.29) is 11.8 Å². The molecule has 0 saturated carbocycles. The lowest BCUT2D eigenvalue weighted by molar-refractivity contribution is -0.156. The van der Waals surface area contributed by atoms with E-state index in [4.69, 9.17) is 10.2 Å². The molecule has 0 aromatic rings. The molecule has 0 aromatic heterocycles. The van der Waals surface area contributed by atoms with Gasteiger partial charge in [0, 0.05) is 0 Å². The van der Waals surface area contributed by atoms with Gasteiger partial charge in [0.1, 0.15) is 0 Å². The summed E-state index contributed by atoms with van der Waals surface area (Å²) in [4.78, 5) is 22.0. The number of allylic oxidation sites excluding steroid dienone is 2. The summed E-state index contributed by atoms with van der Waals surface area (Å²) < 4.78 is 0. The van der Waals surface area contributed by atoms with Crippen molar-refractivity contribution in [3.05, 3.63) is 12.2 Å². The van der Waals surface area contributed by atoms with Gasteiger partial charge in [0.25, 0.3) is 0 Å². The first kappa shape index (κ1) is 11.8. The topological polar surface area (TPSA) is 74.6 Å². The lowest BCUT2D eigenvalue weighted by atomic mass is 9.71. The molecule has 2 N–H and O–H groups in total. The molecule has 84 valence electrons. The number of hydrogen-bond donors (Lipinski definition) is 2. The highest BCUT2D eigenvalue weighted by atomic mass is 16.4. The molecule has 0 amide bonds. The van der Waals surface area contributed by atoms with Crippen LogP contribution >= 0.6 is 0 Å². The van der Waals surface area contributed by atoms with Crippen LogP contribution in [0.1, 0.15) is 20.3 Å². The third-order valence-electron chi connectivity index (χ3n) is 2.97. The largest absolute Gasteiger partial charge is 0.481 e. The van der Waals surface area contributed by atoms with Crippen LogP contribution in [-0.2, 0) is 9.59 Å². The standard InChI is InChI=1S/C11H16O4/c1-6(2)7-4-3-5-8(10(12)13)9(7)11(14)15/h3-4,6-9H,5H2,1-2H3,(H,12,13)(H,14,15). The highest BCUT2D eigenvalue weighted by molar-refractivity contribution is 5.81. The first-order valence-electron chi connectivity index (χ1n) is 5.07. The van der Waals surface area contributed by atoms with Crippen molar-refractivity contribution in [1.29, 1.82) is 0 Å². The molecular formula is C11H16O4. The van der Waals surface area contributed by atoms with Crippen LogP contribution in [0.25, 0.3) is 0 Å². The molecule has 0 aliphatic heterocycles. The number of aliphatic carboxylic acids is 2. The second kappa shape index (κ2) is 4.47. The molecule has 0 spiro atoms. The normalized spacial score (nSPS) is 30.5. The zero-order valence-corrected chi connectivity index (χ0v) is 8.88. The smallest absolute Gasteiger partial charge is 0.307 e. The Labute approximate surface area is 88.6 Å². The van der Waals surface area contributed by atoms with Crippen LogP contribution in [0.15, 0.2) is 12.2 Å². The Morgan fingerprint density at radius 3 is 2.27 bits per heavy atom. The van der Waals surface area contributed by atoms with E-state index >= 15 is 0 Å². The molecule has 1 aliphatic rings. The second-order valence-corrected chi connectivity index (χ2v) is 4.29. The lowest BCUT2D eigenvalue weighted by Crippen LogP contribution is -2.38. The lowest BCUT2D eigenvalue weighted by Gasteiger charge is -2.31. The molecule has 3 unspecified atom stereocenters. The molecule has 0 bridgehead atoms. The van der Waals surface area contributed by atoms with Gasteiger partial charge in [-0.15, -0.1) is 0 Å². The Morgan fingerprint density at radius 2 is 1.87 bits per heavy atom. The summed E-state index contributed by atoms with van der Waals surface area (Å²) in [5.41, 5.74) is 0. The van der Waals surface area contributed by atoms with E-state index in [1.54, 1.807) is 6.08 Å². The average molecular weight is 212 g/mol. The Balaban J connectivity index is 2.99. The van der Waals surface area contributed by atoms with E-state index in [1.165, 1.54) is 0 Å². The van der Waals surface area contributed by atoms with Crippen LogP contribution in [-0.4, -0.2) is 22.2 Å². The fourth-order valence-corrected chi connectivity index (χ4v) is 2.14. The molecule has 3 atom stereocenters. The predicted octanol–water partition coefficient (Wildman–Crippen LogP) is 1.62. The van der Waals surface area contributed by atoms with E-state index < -0.39 is 23.8 Å². The zero-order chi connectivity index (χ0) is 11.6. The monoisotopic (exact) mass is 212 g/mol. The number of rotatable bonds is 3. The van der Waals surface area contributed by atoms with Gasteiger partial charge in [0.15, 0.2) is 0 Å². The maximum absolute atomic E-state index is 11.1. The minimum atomic E-state index is -1.02. The minimum absolute atomic E-state index is 0.143. The van der Waals surface area contributed by atoms with Crippen LogP contribution in [0, 0.1) is 23.7 Å². The molecule has 0 heterocycles. The molecule has 1 rings (SSSR count). The van der Waals surface area contributed by atoms with Crippen molar-refractivity contribution in [2.45, 2.75) is 20.3 Å². The van der Waals surface area contributed by atoms with Gasteiger partial charge < -0.3 is 10.2 Å². The molecular weight excluding hydrogens is 196 g/mol. The second-order valence-electron chi connectivity index (χ2n) is 4.29. The van der Waals surface area contributed by atoms with Crippen molar-refractivity contribution in [3.63, 3.8) is 0 Å². The van der Waals surface area contributed by atoms with Crippen molar-refractivity contribution in [2.75, 3.05) is 0 Å². The number of carboxylic acid groups (broad SMARTS) is 2. The fraction of sp³-hybridized carbons (Fsp3) is 0.636. The van der Waals surface area contributed by atoms with Gasteiger partial charge in [0.2, 0.25) is 0 Å². The van der Waals surface area contributed by atoms with Gasteiger partial charge >= 0.3 is 11.9 Å². The molecule has 4 nitrogen and oxygen atoms in total. The summed E-state index contributed by atoms with van der Waals surface area (Å²) in [5.74, 6) is -3.66. The maximum Gasteiger partial charge on any atom is 0.307 e. The molecule has 0 saturated heterocycles. The third-order valence-corrected chi connectivity index (χ3v) is 2.97. The summed E-state index contributed by atoms with van der Waals surface area (Å²) in [6.07, 6.45) is 3.93. The van der Waals surface area contributed by atoms with E-state index in [0.29, 0.717) is 6.42 Å². The average Bonchev–Trinajstić information content (AvgIpc) is 2.16. The van der Waals surface area contributed by atoms with Crippen LogP contribution < -0.4 is 0 Å². The summed E-state index contributed by atoms with van der Waals surface area (Å²) in [6.45, 7) is 3.82. The SMILES string of the molecule is CC(C)C1C=CCC(C(=O)O)C1C(=O)O. The number of carbonyl (C=O) groups is 2. The third kappa shape index (κ3) is 2.37. The quantitative estimate of drug-likeness (QED) is 0.697. The molecule has 0 aromatic carbocycles. The molecule has 15 heavy (non-hydrogen) atoms. The van der Waals surface area contributed by atoms with Gasteiger partial charge in [0.05, 0.1) is 11.8 Å². The zero-order valence-electron chi connectivity index (χ0n) is 8.88. The van der Waals surface area contributed by atoms with Crippen LogP contribution in [0.5, 0.6) is 0 Å². The van der Waals surface area contributed by atoms with E-state index in [0.717, 1.165) is 0 Å². The van der Waals surface area contributed by atoms with Gasteiger partial charge in [-0.3, -0.25) is 9.59 Å². The van der Waals surface area contributed by atoms with Crippen molar-refractivity contribution >= 4 is 11.9 Å². The first-order valence-corrected chi connectivity index (χ1v) is 5.07. The first-order chi connectivity index (χ1) is 6.95. The number of carboxylic acids is 2. The minimum Gasteiger partial charge on any atom is -0.481 e. The molecule has 0 fully saturated rings. The number of hydrogen-bond acceptors (Lipinski definition) is 2. The van der Waals surface area contributed by atoms with Crippen molar-refractivity contribution in [3.8, 4) is 0 Å². The van der Waals surface area contributed by atoms with Gasteiger partial charge in [-0.05, 0) is 18.3 Å². The summed E-state index contributed by atoms with van der Waals surface area (Å²) >= 11 is 0. The van der Waals surface area contributed by atoms with Crippen molar-refractivity contribution < 1.29 is 19.8 Å². The Bertz CT molecular complexity index is 293. The van der Waals surface area contributed by atoms with Crippen LogP contribution in [0.3, 0.4) is 0 Å². The molecule has 0 radical (unpaired) electrons. The Morgan fingerprint density at radius 1 is 1.27 bits per heavy atom. The van der Waals surface area contributed by atoms with E-state index in [9.17, 15) is 9.59 Å². The molecule has 1 aliphatic carbocycles. The summed E-state index contributed by atoms with van der Waals surface area (Å²) in [7, 11) is 0. The highest BCUT2D eigenvalue weighted by Gasteiger charge is 2.41. The predicted molar refractivity (Wildman–Crippen MR) is 54.3 cm³/mol. The van der Waals surface area contributed by atoms with Crippen LogP contribution in [0.2, 0.25) is 0 Å². The van der Waals surface area contributed by atoms with Gasteiger partial charge in [-0.25, -0.2) is 0 Å². The van der Waals surface area contributed by atoms with E-state index in [2.05, 4.69) is 0 Å². The Kier molecular flexibility index (Phi) is 3.50.